The fourth-order valence-corrected chi connectivity index (χ4v) is 2.19. The summed E-state index contributed by atoms with van der Waals surface area (Å²) in [5.41, 5.74) is 4.45. The molecule has 0 unspecified atom stereocenters. The summed E-state index contributed by atoms with van der Waals surface area (Å²) in [5, 5.41) is 0. The lowest BCUT2D eigenvalue weighted by atomic mass is 10.0. The van der Waals surface area contributed by atoms with Gasteiger partial charge in [-0.15, -0.1) is 0 Å². The first kappa shape index (κ1) is 15.2. The standard InChI is InChI=1S/C18H21NO2/c1-5-21-18(20)16-10-11-17(19-13(16)4)15-8-6-14(7-9-15)12(2)3/h6-12H,5H2,1-4H3. The molecule has 0 saturated heterocycles. The van der Waals surface area contributed by atoms with Crippen LogP contribution in [0.3, 0.4) is 0 Å². The van der Waals surface area contributed by atoms with Crippen LogP contribution in [-0.2, 0) is 4.74 Å². The average molecular weight is 283 g/mol. The molecule has 1 aromatic carbocycles. The number of carbonyl (C=O) groups is 1. The maximum atomic E-state index is 11.8. The summed E-state index contributed by atoms with van der Waals surface area (Å²) < 4.78 is 5.02. The second kappa shape index (κ2) is 6.53. The Hall–Kier alpha value is -2.16. The van der Waals surface area contributed by atoms with Gasteiger partial charge in [0, 0.05) is 5.56 Å². The van der Waals surface area contributed by atoms with E-state index < -0.39 is 0 Å². The lowest BCUT2D eigenvalue weighted by molar-refractivity contribution is 0.0525. The molecule has 0 atom stereocenters. The van der Waals surface area contributed by atoms with Crippen molar-refractivity contribution in [3.8, 4) is 11.3 Å². The van der Waals surface area contributed by atoms with Crippen LogP contribution in [0.25, 0.3) is 11.3 Å². The molecule has 0 spiro atoms. The molecule has 21 heavy (non-hydrogen) atoms. The van der Waals surface area contributed by atoms with Crippen molar-refractivity contribution in [3.05, 3.63) is 53.2 Å². The Bertz CT molecular complexity index is 630. The Morgan fingerprint density at radius 3 is 2.33 bits per heavy atom. The number of carbonyl (C=O) groups excluding carboxylic acids is 1. The highest BCUT2D eigenvalue weighted by Gasteiger charge is 2.12. The van der Waals surface area contributed by atoms with E-state index >= 15 is 0 Å². The molecule has 0 aliphatic heterocycles. The summed E-state index contributed by atoms with van der Waals surface area (Å²) in [6, 6.07) is 12.0. The fourth-order valence-electron chi connectivity index (χ4n) is 2.19. The third kappa shape index (κ3) is 3.48. The van der Waals surface area contributed by atoms with E-state index in [0.717, 1.165) is 11.3 Å². The van der Waals surface area contributed by atoms with Crippen LogP contribution in [0.5, 0.6) is 0 Å². The van der Waals surface area contributed by atoms with E-state index in [2.05, 4.69) is 43.1 Å². The van der Waals surface area contributed by atoms with Gasteiger partial charge in [0.15, 0.2) is 0 Å². The Labute approximate surface area is 126 Å². The van der Waals surface area contributed by atoms with Crippen LogP contribution in [-0.4, -0.2) is 17.6 Å². The number of hydrogen-bond acceptors (Lipinski definition) is 3. The lowest BCUT2D eigenvalue weighted by Crippen LogP contribution is -2.08. The molecule has 1 aromatic heterocycles. The second-order valence-electron chi connectivity index (χ2n) is 5.33. The zero-order valence-corrected chi connectivity index (χ0v) is 13.0. The van der Waals surface area contributed by atoms with Crippen molar-refractivity contribution >= 4 is 5.97 Å². The molecule has 0 fully saturated rings. The normalized spacial score (nSPS) is 10.7. The number of rotatable bonds is 4. The minimum atomic E-state index is -0.316. The first-order chi connectivity index (χ1) is 10.0. The SMILES string of the molecule is CCOC(=O)c1ccc(-c2ccc(C(C)C)cc2)nc1C. The molecular weight excluding hydrogens is 262 g/mol. The topological polar surface area (TPSA) is 39.2 Å². The van der Waals surface area contributed by atoms with Crippen LogP contribution in [0, 0.1) is 6.92 Å². The quantitative estimate of drug-likeness (QED) is 0.783. The molecule has 0 amide bonds. The number of aryl methyl sites for hydroxylation is 1. The van der Waals surface area contributed by atoms with Gasteiger partial charge in [0.2, 0.25) is 0 Å². The van der Waals surface area contributed by atoms with Gasteiger partial charge in [-0.1, -0.05) is 38.1 Å². The van der Waals surface area contributed by atoms with Gasteiger partial charge in [-0.25, -0.2) is 4.79 Å². The fraction of sp³-hybridized carbons (Fsp3) is 0.333. The molecule has 0 saturated carbocycles. The minimum Gasteiger partial charge on any atom is -0.462 e. The van der Waals surface area contributed by atoms with Crippen LogP contribution in [0.2, 0.25) is 0 Å². The molecular formula is C18H21NO2. The molecule has 0 N–H and O–H groups in total. The van der Waals surface area contributed by atoms with Gasteiger partial charge in [0.1, 0.15) is 0 Å². The largest absolute Gasteiger partial charge is 0.462 e. The number of pyridine rings is 1. The van der Waals surface area contributed by atoms with E-state index in [0.29, 0.717) is 23.8 Å². The number of nitrogens with zero attached hydrogens (tertiary/aromatic N) is 1. The summed E-state index contributed by atoms with van der Waals surface area (Å²) in [4.78, 5) is 16.3. The molecule has 0 radical (unpaired) electrons. The Kier molecular flexibility index (Phi) is 4.73. The summed E-state index contributed by atoms with van der Waals surface area (Å²) in [6.45, 7) is 8.34. The molecule has 0 bridgehead atoms. The van der Waals surface area contributed by atoms with E-state index in [1.165, 1.54) is 5.56 Å². The van der Waals surface area contributed by atoms with Crippen LogP contribution in [0.15, 0.2) is 36.4 Å². The maximum Gasteiger partial charge on any atom is 0.339 e. The molecule has 3 nitrogen and oxygen atoms in total. The van der Waals surface area contributed by atoms with Crippen molar-refractivity contribution in [2.75, 3.05) is 6.61 Å². The molecule has 3 heteroatoms. The smallest absolute Gasteiger partial charge is 0.339 e. The van der Waals surface area contributed by atoms with E-state index in [1.54, 1.807) is 13.0 Å². The van der Waals surface area contributed by atoms with E-state index in [-0.39, 0.29) is 5.97 Å². The third-order valence-corrected chi connectivity index (χ3v) is 3.45. The van der Waals surface area contributed by atoms with Crippen LogP contribution >= 0.6 is 0 Å². The number of ether oxygens (including phenoxy) is 1. The third-order valence-electron chi connectivity index (χ3n) is 3.45. The number of hydrogen-bond donors (Lipinski definition) is 0. The summed E-state index contributed by atoms with van der Waals surface area (Å²) >= 11 is 0. The number of esters is 1. The minimum absolute atomic E-state index is 0.316. The van der Waals surface area contributed by atoms with Crippen molar-refractivity contribution in [1.29, 1.82) is 0 Å². The van der Waals surface area contributed by atoms with E-state index in [4.69, 9.17) is 4.74 Å². The number of benzene rings is 1. The lowest BCUT2D eigenvalue weighted by Gasteiger charge is -2.09. The van der Waals surface area contributed by atoms with Gasteiger partial charge in [0.25, 0.3) is 0 Å². The van der Waals surface area contributed by atoms with Crippen LogP contribution in [0.1, 0.15) is 48.3 Å². The van der Waals surface area contributed by atoms with Gasteiger partial charge in [0.05, 0.1) is 23.6 Å². The van der Waals surface area contributed by atoms with Gasteiger partial charge in [-0.3, -0.25) is 4.98 Å². The highest BCUT2D eigenvalue weighted by Crippen LogP contribution is 2.22. The predicted octanol–water partition coefficient (Wildman–Crippen LogP) is 4.36. The molecule has 1 heterocycles. The number of aromatic nitrogens is 1. The molecule has 110 valence electrons. The maximum absolute atomic E-state index is 11.8. The summed E-state index contributed by atoms with van der Waals surface area (Å²) in [6.07, 6.45) is 0. The van der Waals surface area contributed by atoms with Gasteiger partial charge >= 0.3 is 5.97 Å². The van der Waals surface area contributed by atoms with Crippen LogP contribution < -0.4 is 0 Å². The van der Waals surface area contributed by atoms with Crippen molar-refractivity contribution in [3.63, 3.8) is 0 Å². The van der Waals surface area contributed by atoms with Gasteiger partial charge < -0.3 is 4.74 Å². The average Bonchev–Trinajstić information content (AvgIpc) is 2.47. The first-order valence-corrected chi connectivity index (χ1v) is 7.28. The summed E-state index contributed by atoms with van der Waals surface area (Å²) in [7, 11) is 0. The second-order valence-corrected chi connectivity index (χ2v) is 5.33. The van der Waals surface area contributed by atoms with E-state index in [9.17, 15) is 4.79 Å². The highest BCUT2D eigenvalue weighted by molar-refractivity contribution is 5.90. The zero-order valence-electron chi connectivity index (χ0n) is 13.0. The zero-order chi connectivity index (χ0) is 15.4. The van der Waals surface area contributed by atoms with Crippen molar-refractivity contribution in [2.24, 2.45) is 0 Å². The van der Waals surface area contributed by atoms with E-state index in [1.807, 2.05) is 13.0 Å². The van der Waals surface area contributed by atoms with Gasteiger partial charge in [-0.05, 0) is 37.5 Å². The van der Waals surface area contributed by atoms with Gasteiger partial charge in [-0.2, -0.15) is 0 Å². The van der Waals surface area contributed by atoms with Crippen molar-refractivity contribution in [2.45, 2.75) is 33.6 Å². The molecule has 2 rings (SSSR count). The Balaban J connectivity index is 2.29. The van der Waals surface area contributed by atoms with Crippen LogP contribution in [0.4, 0.5) is 0 Å². The predicted molar refractivity (Wildman–Crippen MR) is 84.5 cm³/mol. The molecule has 0 aliphatic rings. The summed E-state index contributed by atoms with van der Waals surface area (Å²) in [5.74, 6) is 0.198. The monoisotopic (exact) mass is 283 g/mol. The highest BCUT2D eigenvalue weighted by atomic mass is 16.5. The Morgan fingerprint density at radius 2 is 1.81 bits per heavy atom. The first-order valence-electron chi connectivity index (χ1n) is 7.28. The Morgan fingerprint density at radius 1 is 1.14 bits per heavy atom. The van der Waals surface area contributed by atoms with Crippen molar-refractivity contribution in [1.82, 2.24) is 4.98 Å². The van der Waals surface area contributed by atoms with Crippen molar-refractivity contribution < 1.29 is 9.53 Å². The molecule has 0 aliphatic carbocycles. The molecule has 2 aromatic rings.